The van der Waals surface area contributed by atoms with Crippen LogP contribution in [-0.4, -0.2) is 13.1 Å². The summed E-state index contributed by atoms with van der Waals surface area (Å²) in [6.45, 7) is 0.454. The third-order valence-corrected chi connectivity index (χ3v) is 4.23. The highest BCUT2D eigenvalue weighted by molar-refractivity contribution is 9.11. The number of nitrogens with one attached hydrogen (secondary N) is 1. The maximum atomic E-state index is 11.3. The topological polar surface area (TPSA) is 51.5 Å². The molecule has 0 amide bonds. The van der Waals surface area contributed by atoms with Gasteiger partial charge in [-0.25, -0.2) is 4.79 Å². The smallest absolute Gasteiger partial charge is 0.341 e. The van der Waals surface area contributed by atoms with Crippen molar-refractivity contribution in [2.24, 2.45) is 0 Å². The van der Waals surface area contributed by atoms with Crippen LogP contribution in [0.5, 0.6) is 0 Å². The number of benzene rings is 1. The summed E-state index contributed by atoms with van der Waals surface area (Å²) in [7, 11) is 1.34. The van der Waals surface area contributed by atoms with E-state index in [-0.39, 0.29) is 0 Å². The van der Waals surface area contributed by atoms with Crippen LogP contribution in [0.2, 0.25) is 0 Å². The second-order valence-electron chi connectivity index (χ2n) is 3.89. The van der Waals surface area contributed by atoms with E-state index < -0.39 is 5.97 Å². The molecule has 4 nitrogen and oxygen atoms in total. The summed E-state index contributed by atoms with van der Waals surface area (Å²) in [6.07, 6.45) is 1.38. The molecule has 0 aliphatic heterocycles. The van der Waals surface area contributed by atoms with Crippen molar-refractivity contribution in [2.45, 2.75) is 6.54 Å². The second kappa shape index (κ2) is 6.78. The Labute approximate surface area is 141 Å². The number of carbonyl (C=O) groups is 1. The van der Waals surface area contributed by atoms with Gasteiger partial charge in [0.2, 0.25) is 0 Å². The van der Waals surface area contributed by atoms with Crippen LogP contribution in [0.25, 0.3) is 0 Å². The molecule has 1 aromatic carbocycles. The molecule has 1 heterocycles. The van der Waals surface area contributed by atoms with Crippen molar-refractivity contribution >= 4 is 59.4 Å². The molecule has 0 saturated heterocycles. The normalized spacial score (nSPS) is 10.4. The summed E-state index contributed by atoms with van der Waals surface area (Å²) in [6, 6.07) is 5.53. The van der Waals surface area contributed by atoms with Crippen molar-refractivity contribution in [3.63, 3.8) is 0 Å². The van der Waals surface area contributed by atoms with E-state index in [1.54, 1.807) is 6.07 Å². The second-order valence-corrected chi connectivity index (χ2v) is 6.52. The Morgan fingerprint density at radius 2 is 1.90 bits per heavy atom. The van der Waals surface area contributed by atoms with Gasteiger partial charge in [-0.15, -0.1) is 0 Å². The number of methoxy groups -OCH3 is 1. The Kier molecular flexibility index (Phi) is 5.29. The molecule has 0 aliphatic carbocycles. The number of anilines is 1. The lowest BCUT2D eigenvalue weighted by Crippen LogP contribution is -2.01. The summed E-state index contributed by atoms with van der Waals surface area (Å²) in [4.78, 5) is 11.3. The molecule has 106 valence electrons. The molecule has 2 aromatic rings. The summed E-state index contributed by atoms with van der Waals surface area (Å²) in [5.74, 6) is 0.234. The molecule has 0 fully saturated rings. The first kappa shape index (κ1) is 15.6. The van der Waals surface area contributed by atoms with Gasteiger partial charge in [0.05, 0.1) is 24.9 Å². The summed E-state index contributed by atoms with van der Waals surface area (Å²) in [5, 5.41) is 3.23. The van der Waals surface area contributed by atoms with E-state index in [0.717, 1.165) is 19.1 Å². The van der Waals surface area contributed by atoms with Crippen LogP contribution in [0.4, 0.5) is 5.69 Å². The monoisotopic (exact) mass is 465 g/mol. The molecular weight excluding hydrogens is 458 g/mol. The highest BCUT2D eigenvalue weighted by atomic mass is 79.9. The van der Waals surface area contributed by atoms with Crippen molar-refractivity contribution in [1.82, 2.24) is 0 Å². The third-order valence-electron chi connectivity index (χ3n) is 2.52. The summed E-state index contributed by atoms with van der Waals surface area (Å²) in [5.41, 5.74) is 1.31. The fraction of sp³-hybridized carbons (Fsp3) is 0.154. The van der Waals surface area contributed by atoms with E-state index in [1.165, 1.54) is 13.4 Å². The number of ether oxygens (including phenoxy) is 1. The van der Waals surface area contributed by atoms with Crippen LogP contribution >= 0.6 is 47.8 Å². The molecule has 0 atom stereocenters. The maximum absolute atomic E-state index is 11.3. The zero-order valence-electron chi connectivity index (χ0n) is 10.4. The molecule has 7 heteroatoms. The van der Waals surface area contributed by atoms with E-state index in [1.807, 2.05) is 12.1 Å². The van der Waals surface area contributed by atoms with Gasteiger partial charge in [0.15, 0.2) is 0 Å². The Morgan fingerprint density at radius 1 is 1.25 bits per heavy atom. The lowest BCUT2D eigenvalue weighted by molar-refractivity contribution is 0.0600. The minimum absolute atomic E-state index is 0.401. The Morgan fingerprint density at radius 3 is 2.50 bits per heavy atom. The first-order valence-corrected chi connectivity index (χ1v) is 7.93. The molecule has 0 spiro atoms. The van der Waals surface area contributed by atoms with Gasteiger partial charge < -0.3 is 14.5 Å². The third kappa shape index (κ3) is 3.65. The highest BCUT2D eigenvalue weighted by Crippen LogP contribution is 2.34. The number of carbonyl (C=O) groups excluding carboxylic acids is 1. The van der Waals surface area contributed by atoms with Gasteiger partial charge in [-0.3, -0.25) is 0 Å². The summed E-state index contributed by atoms with van der Waals surface area (Å²) < 4.78 is 12.7. The highest BCUT2D eigenvalue weighted by Gasteiger charge is 2.11. The van der Waals surface area contributed by atoms with Crippen molar-refractivity contribution in [3.8, 4) is 0 Å². The van der Waals surface area contributed by atoms with Crippen molar-refractivity contribution in [3.05, 3.63) is 49.2 Å². The van der Waals surface area contributed by atoms with Gasteiger partial charge in [0.1, 0.15) is 12.0 Å². The fourth-order valence-electron chi connectivity index (χ4n) is 1.58. The molecule has 1 aromatic heterocycles. The SMILES string of the molecule is COC(=O)c1coc(CNc2c(Br)cc(Br)cc2Br)c1. The van der Waals surface area contributed by atoms with Gasteiger partial charge in [-0.2, -0.15) is 0 Å². The average molecular weight is 468 g/mol. The number of esters is 1. The molecule has 0 bridgehead atoms. The zero-order chi connectivity index (χ0) is 14.7. The van der Waals surface area contributed by atoms with Crippen LogP contribution in [0.1, 0.15) is 16.1 Å². The van der Waals surface area contributed by atoms with Crippen molar-refractivity contribution < 1.29 is 13.9 Å². The van der Waals surface area contributed by atoms with Gasteiger partial charge in [-0.05, 0) is 50.1 Å². The summed E-state index contributed by atoms with van der Waals surface area (Å²) >= 11 is 10.4. The van der Waals surface area contributed by atoms with Gasteiger partial charge in [-0.1, -0.05) is 15.9 Å². The molecule has 0 radical (unpaired) electrons. The fourth-order valence-corrected chi connectivity index (χ4v) is 4.12. The first-order valence-electron chi connectivity index (χ1n) is 5.55. The maximum Gasteiger partial charge on any atom is 0.341 e. The number of furan rings is 1. The minimum atomic E-state index is -0.411. The molecule has 0 saturated carbocycles. The predicted molar refractivity (Wildman–Crippen MR) is 86.9 cm³/mol. The van der Waals surface area contributed by atoms with E-state index in [0.29, 0.717) is 17.9 Å². The minimum Gasteiger partial charge on any atom is -0.467 e. The number of halogens is 3. The zero-order valence-corrected chi connectivity index (χ0v) is 15.1. The number of hydrogen-bond donors (Lipinski definition) is 1. The molecule has 2 rings (SSSR count). The molecule has 0 aliphatic rings. The standard InChI is InChI=1S/C13H10Br3NO3/c1-19-13(18)7-2-9(20-6-7)5-17-12-10(15)3-8(14)4-11(12)16/h2-4,6,17H,5H2,1H3. The lowest BCUT2D eigenvalue weighted by atomic mass is 10.3. The van der Waals surface area contributed by atoms with Crippen molar-refractivity contribution in [1.29, 1.82) is 0 Å². The average Bonchev–Trinajstić information content (AvgIpc) is 2.85. The Balaban J connectivity index is 2.09. The van der Waals surface area contributed by atoms with Gasteiger partial charge in [0, 0.05) is 13.4 Å². The Hall–Kier alpha value is -0.790. The van der Waals surface area contributed by atoms with Crippen LogP contribution in [0.15, 0.2) is 42.3 Å². The van der Waals surface area contributed by atoms with Crippen LogP contribution in [0, 0.1) is 0 Å². The van der Waals surface area contributed by atoms with Crippen molar-refractivity contribution in [2.75, 3.05) is 12.4 Å². The molecule has 0 unspecified atom stereocenters. The van der Waals surface area contributed by atoms with E-state index in [4.69, 9.17) is 4.42 Å². The number of hydrogen-bond acceptors (Lipinski definition) is 4. The Bertz CT molecular complexity index is 617. The lowest BCUT2D eigenvalue weighted by Gasteiger charge is -2.10. The number of rotatable bonds is 4. The van der Waals surface area contributed by atoms with Crippen LogP contribution in [0.3, 0.4) is 0 Å². The first-order chi connectivity index (χ1) is 9.51. The van der Waals surface area contributed by atoms with E-state index in [9.17, 15) is 4.79 Å². The molecule has 1 N–H and O–H groups in total. The van der Waals surface area contributed by atoms with Crippen LogP contribution in [-0.2, 0) is 11.3 Å². The van der Waals surface area contributed by atoms with Gasteiger partial charge >= 0.3 is 5.97 Å². The van der Waals surface area contributed by atoms with E-state index >= 15 is 0 Å². The predicted octanol–water partition coefficient (Wildman–Crippen LogP) is 4.97. The molecule has 20 heavy (non-hydrogen) atoms. The van der Waals surface area contributed by atoms with Gasteiger partial charge in [0.25, 0.3) is 0 Å². The van der Waals surface area contributed by atoms with Crippen LogP contribution < -0.4 is 5.32 Å². The quantitative estimate of drug-likeness (QED) is 0.645. The van der Waals surface area contributed by atoms with E-state index in [2.05, 4.69) is 57.8 Å². The largest absolute Gasteiger partial charge is 0.467 e. The molecular formula is C13H10Br3NO3.